The molecule has 37 heavy (non-hydrogen) atoms. The number of amides is 3. The summed E-state index contributed by atoms with van der Waals surface area (Å²) in [4.78, 5) is 54.8. The highest BCUT2D eigenvalue weighted by Gasteiger charge is 2.74. The SMILES string of the molecule is CC(=O)c1ccc(N2C(=O)[C@@H]3[C@H](Cc4ccccc4)[NH2+][C@]4(C(=O)Nc5c4ccc(Cl)c5C)[C@@H]3C2=O)cc1. The first kappa shape index (κ1) is 23.6. The average molecular weight is 515 g/mol. The molecule has 186 valence electrons. The van der Waals surface area contributed by atoms with E-state index in [4.69, 9.17) is 11.6 Å². The van der Waals surface area contributed by atoms with Gasteiger partial charge in [0.15, 0.2) is 5.78 Å². The molecule has 0 aliphatic carbocycles. The van der Waals surface area contributed by atoms with Crippen LogP contribution in [0.5, 0.6) is 0 Å². The van der Waals surface area contributed by atoms with Crippen LogP contribution >= 0.6 is 11.6 Å². The topological polar surface area (TPSA) is 100 Å². The zero-order valence-corrected chi connectivity index (χ0v) is 21.1. The number of quaternary nitrogens is 1. The molecular weight excluding hydrogens is 490 g/mol. The summed E-state index contributed by atoms with van der Waals surface area (Å²) in [5.41, 5.74) is 2.65. The molecule has 2 saturated heterocycles. The second-order valence-corrected chi connectivity index (χ2v) is 10.5. The smallest absolute Gasteiger partial charge is 0.291 e. The van der Waals surface area contributed by atoms with Crippen molar-refractivity contribution in [1.82, 2.24) is 0 Å². The van der Waals surface area contributed by atoms with Gasteiger partial charge in [0.1, 0.15) is 17.9 Å². The second kappa shape index (κ2) is 8.36. The number of anilines is 2. The number of nitrogens with two attached hydrogens (primary N) is 1. The van der Waals surface area contributed by atoms with Crippen molar-refractivity contribution in [2.45, 2.75) is 31.8 Å². The molecule has 3 heterocycles. The molecule has 8 heteroatoms. The van der Waals surface area contributed by atoms with Crippen LogP contribution in [0.15, 0.2) is 66.7 Å². The van der Waals surface area contributed by atoms with Gasteiger partial charge in [0.2, 0.25) is 17.4 Å². The summed E-state index contributed by atoms with van der Waals surface area (Å²) in [5.74, 6) is -2.74. The van der Waals surface area contributed by atoms with Gasteiger partial charge in [0.05, 0.1) is 11.4 Å². The largest absolute Gasteiger partial charge is 0.326 e. The van der Waals surface area contributed by atoms with E-state index in [-0.39, 0.29) is 23.6 Å². The lowest BCUT2D eigenvalue weighted by atomic mass is 9.76. The van der Waals surface area contributed by atoms with Crippen LogP contribution < -0.4 is 15.5 Å². The first-order valence-electron chi connectivity index (χ1n) is 12.2. The van der Waals surface area contributed by atoms with Crippen LogP contribution in [-0.2, 0) is 26.3 Å². The van der Waals surface area contributed by atoms with Crippen molar-refractivity contribution in [3.8, 4) is 0 Å². The first-order valence-corrected chi connectivity index (χ1v) is 12.6. The van der Waals surface area contributed by atoms with E-state index in [1.165, 1.54) is 11.8 Å². The number of benzene rings is 3. The van der Waals surface area contributed by atoms with E-state index in [1.807, 2.05) is 42.6 Å². The summed E-state index contributed by atoms with van der Waals surface area (Å²) in [6.07, 6.45) is 0.523. The number of nitrogens with one attached hydrogen (secondary N) is 1. The van der Waals surface area contributed by atoms with Gasteiger partial charge in [-0.15, -0.1) is 0 Å². The van der Waals surface area contributed by atoms with Crippen LogP contribution in [0, 0.1) is 18.8 Å². The molecule has 0 bridgehead atoms. The maximum atomic E-state index is 14.1. The number of fused-ring (bicyclic) bond motifs is 4. The van der Waals surface area contributed by atoms with Crippen molar-refractivity contribution in [3.05, 3.63) is 94.0 Å². The van der Waals surface area contributed by atoms with Crippen LogP contribution in [-0.4, -0.2) is 29.5 Å². The molecule has 1 spiro atoms. The number of halogens is 1. The van der Waals surface area contributed by atoms with Gasteiger partial charge in [-0.3, -0.25) is 19.2 Å². The number of carbonyl (C=O) groups excluding carboxylic acids is 4. The first-order chi connectivity index (χ1) is 17.7. The third-order valence-corrected chi connectivity index (χ3v) is 8.49. The predicted molar refractivity (Wildman–Crippen MR) is 138 cm³/mol. The third kappa shape index (κ3) is 3.31. The molecule has 3 N–H and O–H groups in total. The van der Waals surface area contributed by atoms with Crippen molar-refractivity contribution in [2.24, 2.45) is 11.8 Å². The van der Waals surface area contributed by atoms with Gasteiger partial charge in [-0.25, -0.2) is 4.90 Å². The number of hydrogen-bond donors (Lipinski definition) is 2. The standard InChI is InChI=1S/C29H24ClN3O4/c1-15-21(30)13-12-20-25(15)31-28(37)29(20)24-23(22(32-29)14-17-6-4-3-5-7-17)26(35)33(27(24)36)19-10-8-18(9-11-19)16(2)34/h3-13,22-24,32H,14H2,1-2H3,(H,31,37)/p+1/t22-,23+,24-,29-/m0/s1. The summed E-state index contributed by atoms with van der Waals surface area (Å²) in [7, 11) is 0. The van der Waals surface area contributed by atoms with Gasteiger partial charge in [0.25, 0.3) is 5.91 Å². The fourth-order valence-corrected chi connectivity index (χ4v) is 6.48. The minimum Gasteiger partial charge on any atom is -0.326 e. The van der Waals surface area contributed by atoms with Gasteiger partial charge in [0, 0.05) is 22.6 Å². The van der Waals surface area contributed by atoms with Crippen molar-refractivity contribution < 1.29 is 24.5 Å². The molecule has 2 fully saturated rings. The molecule has 7 nitrogen and oxygen atoms in total. The number of ketones is 1. The molecule has 0 radical (unpaired) electrons. The Labute approximate surface area is 218 Å². The monoisotopic (exact) mass is 514 g/mol. The molecule has 3 aliphatic rings. The van der Waals surface area contributed by atoms with Gasteiger partial charge in [-0.2, -0.15) is 0 Å². The van der Waals surface area contributed by atoms with Crippen molar-refractivity contribution in [2.75, 3.05) is 10.2 Å². The number of imide groups is 1. The molecule has 3 aromatic rings. The minimum atomic E-state index is -1.28. The number of carbonyl (C=O) groups is 4. The van der Waals surface area contributed by atoms with Crippen LogP contribution in [0.1, 0.15) is 34.0 Å². The van der Waals surface area contributed by atoms with Gasteiger partial charge >= 0.3 is 0 Å². The minimum absolute atomic E-state index is 0.104. The Bertz CT molecular complexity index is 1490. The Balaban J connectivity index is 1.49. The number of rotatable bonds is 4. The Morgan fingerprint density at radius 2 is 1.70 bits per heavy atom. The average Bonchev–Trinajstić information content (AvgIpc) is 3.47. The molecule has 3 aromatic carbocycles. The molecule has 0 saturated carbocycles. The van der Waals surface area contributed by atoms with Gasteiger partial charge < -0.3 is 10.6 Å². The number of nitrogens with zero attached hydrogens (tertiary/aromatic N) is 1. The maximum Gasteiger partial charge on any atom is 0.291 e. The van der Waals surface area contributed by atoms with E-state index in [9.17, 15) is 19.2 Å². The highest BCUT2D eigenvalue weighted by molar-refractivity contribution is 6.32. The summed E-state index contributed by atoms with van der Waals surface area (Å²) < 4.78 is 0. The summed E-state index contributed by atoms with van der Waals surface area (Å²) in [6, 6.07) is 19.4. The van der Waals surface area contributed by atoms with E-state index >= 15 is 0 Å². The number of hydrogen-bond acceptors (Lipinski definition) is 4. The van der Waals surface area contributed by atoms with Crippen molar-refractivity contribution in [3.63, 3.8) is 0 Å². The van der Waals surface area contributed by atoms with Gasteiger partial charge in [-0.05, 0) is 61.4 Å². The molecule has 0 unspecified atom stereocenters. The normalized spacial score (nSPS) is 26.0. The molecular formula is C29H25ClN3O4+. The van der Waals surface area contributed by atoms with Crippen molar-refractivity contribution >= 4 is 46.5 Å². The zero-order valence-electron chi connectivity index (χ0n) is 20.3. The summed E-state index contributed by atoms with van der Waals surface area (Å²) >= 11 is 6.36. The van der Waals surface area contributed by atoms with E-state index in [1.54, 1.807) is 36.4 Å². The molecule has 4 atom stereocenters. The Kier molecular flexibility index (Phi) is 5.33. The summed E-state index contributed by atoms with van der Waals surface area (Å²) in [5, 5.41) is 5.42. The second-order valence-electron chi connectivity index (χ2n) is 10.1. The van der Waals surface area contributed by atoms with Gasteiger partial charge in [-0.1, -0.05) is 41.9 Å². The Morgan fingerprint density at radius 3 is 2.38 bits per heavy atom. The highest BCUT2D eigenvalue weighted by atomic mass is 35.5. The van der Waals surface area contributed by atoms with Crippen LogP contribution in [0.2, 0.25) is 5.02 Å². The quantitative estimate of drug-likeness (QED) is 0.413. The molecule has 6 rings (SSSR count). The van der Waals surface area contributed by atoms with Crippen LogP contribution in [0.25, 0.3) is 0 Å². The van der Waals surface area contributed by atoms with E-state index in [2.05, 4.69) is 5.32 Å². The van der Waals surface area contributed by atoms with Crippen LogP contribution in [0.3, 0.4) is 0 Å². The van der Waals surface area contributed by atoms with E-state index in [0.29, 0.717) is 33.9 Å². The fraction of sp³-hybridized carbons (Fsp3) is 0.241. The van der Waals surface area contributed by atoms with Crippen molar-refractivity contribution in [1.29, 1.82) is 0 Å². The lowest BCUT2D eigenvalue weighted by Crippen LogP contribution is -2.99. The van der Waals surface area contributed by atoms with E-state index < -0.39 is 23.3 Å². The lowest BCUT2D eigenvalue weighted by molar-refractivity contribution is -0.733. The highest BCUT2D eigenvalue weighted by Crippen LogP contribution is 2.51. The van der Waals surface area contributed by atoms with Crippen LogP contribution in [0.4, 0.5) is 11.4 Å². The molecule has 3 amide bonds. The summed E-state index contributed by atoms with van der Waals surface area (Å²) in [6.45, 7) is 3.29. The Morgan fingerprint density at radius 1 is 1.00 bits per heavy atom. The molecule has 3 aliphatic heterocycles. The number of Topliss-reactive ketones (excluding diaryl/α,β-unsaturated/α-hetero) is 1. The lowest BCUT2D eigenvalue weighted by Gasteiger charge is -2.26. The fourth-order valence-electron chi connectivity index (χ4n) is 6.32. The Hall–Kier alpha value is -3.81. The zero-order chi connectivity index (χ0) is 26.1. The molecule has 0 aromatic heterocycles. The maximum absolute atomic E-state index is 14.1. The van der Waals surface area contributed by atoms with E-state index in [0.717, 1.165) is 11.1 Å². The third-order valence-electron chi connectivity index (χ3n) is 8.08. The predicted octanol–water partition coefficient (Wildman–Crippen LogP) is 2.99.